The highest BCUT2D eigenvalue weighted by Gasteiger charge is 2.11. The molecule has 0 aliphatic carbocycles. The maximum absolute atomic E-state index is 13.0. The molecule has 0 aliphatic heterocycles. The van der Waals surface area contributed by atoms with E-state index in [0.29, 0.717) is 36.1 Å². The Hall–Kier alpha value is -3.55. The number of nitrogens with one attached hydrogen (secondary N) is 2. The summed E-state index contributed by atoms with van der Waals surface area (Å²) < 4.78 is 18.1. The van der Waals surface area contributed by atoms with Crippen LogP contribution in [0.5, 0.6) is 0 Å². The average Bonchev–Trinajstić information content (AvgIpc) is 3.32. The molecule has 2 aromatic carbocycles. The lowest BCUT2D eigenvalue weighted by Crippen LogP contribution is -2.23. The molecule has 0 radical (unpaired) electrons. The third kappa shape index (κ3) is 4.00. The topological polar surface area (TPSA) is 96.7 Å². The van der Waals surface area contributed by atoms with E-state index in [2.05, 4.69) is 25.4 Å². The Labute approximate surface area is 153 Å². The summed E-state index contributed by atoms with van der Waals surface area (Å²) in [5.74, 6) is 0.947. The second-order valence-corrected chi connectivity index (χ2v) is 6.00. The molecule has 0 fully saturated rings. The minimum Gasteiger partial charge on any atom is -0.349 e. The number of hydrogen-bond donors (Lipinski definition) is 2. The van der Waals surface area contributed by atoms with E-state index < -0.39 is 0 Å². The van der Waals surface area contributed by atoms with Crippen LogP contribution in [0.25, 0.3) is 22.4 Å². The van der Waals surface area contributed by atoms with Crippen molar-refractivity contribution >= 4 is 16.9 Å². The molecule has 0 saturated carbocycles. The fourth-order valence-electron chi connectivity index (χ4n) is 2.65. The van der Waals surface area contributed by atoms with Crippen LogP contribution >= 0.6 is 0 Å². The van der Waals surface area contributed by atoms with Crippen molar-refractivity contribution in [2.45, 2.75) is 19.4 Å². The lowest BCUT2D eigenvalue weighted by Gasteiger charge is -2.01. The van der Waals surface area contributed by atoms with E-state index >= 15 is 0 Å². The number of rotatable bonds is 6. The molecule has 4 rings (SSSR count). The molecule has 8 heteroatoms. The number of halogens is 1. The summed E-state index contributed by atoms with van der Waals surface area (Å²) in [6.07, 6.45) is 0.533. The Morgan fingerprint density at radius 3 is 2.74 bits per heavy atom. The van der Waals surface area contributed by atoms with Gasteiger partial charge in [0.25, 0.3) is 0 Å². The maximum atomic E-state index is 13.0. The van der Waals surface area contributed by atoms with Crippen molar-refractivity contribution in [3.05, 3.63) is 66.1 Å². The summed E-state index contributed by atoms with van der Waals surface area (Å²) >= 11 is 0. The number of fused-ring (bicyclic) bond motifs is 1. The first kappa shape index (κ1) is 16.9. The zero-order valence-corrected chi connectivity index (χ0v) is 14.3. The van der Waals surface area contributed by atoms with Crippen LogP contribution in [0.4, 0.5) is 4.39 Å². The second-order valence-electron chi connectivity index (χ2n) is 6.00. The molecule has 0 aliphatic rings. The van der Waals surface area contributed by atoms with Gasteiger partial charge in [-0.15, -0.1) is 0 Å². The van der Waals surface area contributed by atoms with E-state index in [-0.39, 0.29) is 18.1 Å². The summed E-state index contributed by atoms with van der Waals surface area (Å²) in [5.41, 5.74) is 2.45. The number of nitrogens with zero attached hydrogens (tertiary/aromatic N) is 3. The molecular formula is C19H16FN5O2. The lowest BCUT2D eigenvalue weighted by molar-refractivity contribution is -0.121. The zero-order valence-electron chi connectivity index (χ0n) is 14.3. The molecule has 136 valence electrons. The maximum Gasteiger partial charge on any atom is 0.227 e. The lowest BCUT2D eigenvalue weighted by atomic mass is 10.2. The number of hydrogen-bond acceptors (Lipinski definition) is 5. The van der Waals surface area contributed by atoms with Gasteiger partial charge in [-0.2, -0.15) is 4.98 Å². The minimum atomic E-state index is -0.330. The van der Waals surface area contributed by atoms with Crippen LogP contribution in [-0.2, 0) is 17.8 Å². The Kier molecular flexibility index (Phi) is 4.61. The molecule has 7 nitrogen and oxygen atoms in total. The van der Waals surface area contributed by atoms with Gasteiger partial charge in [-0.05, 0) is 36.4 Å². The standard InChI is InChI=1S/C19H16FN5O2/c20-13-7-5-12(6-8-13)19-24-18(27-25-19)10-9-17(26)21-11-16-22-14-3-1-2-4-15(14)23-16/h1-8H,9-11H2,(H,21,26)(H,22,23). The molecule has 0 bridgehead atoms. The van der Waals surface area contributed by atoms with Crippen LogP contribution in [0.3, 0.4) is 0 Å². The molecule has 2 N–H and O–H groups in total. The largest absolute Gasteiger partial charge is 0.349 e. The van der Waals surface area contributed by atoms with Crippen LogP contribution in [0.2, 0.25) is 0 Å². The van der Waals surface area contributed by atoms with Crippen molar-refractivity contribution in [1.82, 2.24) is 25.4 Å². The summed E-state index contributed by atoms with van der Waals surface area (Å²) in [5, 5.41) is 6.67. The van der Waals surface area contributed by atoms with Crippen LogP contribution in [0.15, 0.2) is 53.1 Å². The van der Waals surface area contributed by atoms with Gasteiger partial charge < -0.3 is 14.8 Å². The predicted octanol–water partition coefficient (Wildman–Crippen LogP) is 3.00. The minimum absolute atomic E-state index is 0.142. The number of benzene rings is 2. The van der Waals surface area contributed by atoms with E-state index in [9.17, 15) is 9.18 Å². The summed E-state index contributed by atoms with van der Waals surface area (Å²) in [7, 11) is 0. The number of carbonyl (C=O) groups is 1. The predicted molar refractivity (Wildman–Crippen MR) is 96.0 cm³/mol. The van der Waals surface area contributed by atoms with E-state index in [1.165, 1.54) is 12.1 Å². The summed E-state index contributed by atoms with van der Waals surface area (Å²) in [6, 6.07) is 13.5. The monoisotopic (exact) mass is 365 g/mol. The van der Waals surface area contributed by atoms with E-state index in [1.807, 2.05) is 24.3 Å². The second kappa shape index (κ2) is 7.36. The Morgan fingerprint density at radius 1 is 1.11 bits per heavy atom. The van der Waals surface area contributed by atoms with Crippen LogP contribution in [0.1, 0.15) is 18.1 Å². The number of H-pyrrole nitrogens is 1. The molecule has 0 unspecified atom stereocenters. The Bertz CT molecular complexity index is 1040. The molecule has 0 saturated heterocycles. The Balaban J connectivity index is 1.29. The van der Waals surface area contributed by atoms with Gasteiger partial charge in [-0.3, -0.25) is 4.79 Å². The van der Waals surface area contributed by atoms with Gasteiger partial charge in [0.1, 0.15) is 11.6 Å². The molecule has 0 spiro atoms. The summed E-state index contributed by atoms with van der Waals surface area (Å²) in [4.78, 5) is 23.8. The van der Waals surface area contributed by atoms with Crippen molar-refractivity contribution in [2.75, 3.05) is 0 Å². The fraction of sp³-hybridized carbons (Fsp3) is 0.158. The SMILES string of the molecule is O=C(CCc1nc(-c2ccc(F)cc2)no1)NCc1nc2ccccc2[nH]1. The first-order chi connectivity index (χ1) is 13.2. The van der Waals surface area contributed by atoms with E-state index in [4.69, 9.17) is 4.52 Å². The van der Waals surface area contributed by atoms with Gasteiger partial charge in [0, 0.05) is 18.4 Å². The highest BCUT2D eigenvalue weighted by Crippen LogP contribution is 2.16. The first-order valence-electron chi connectivity index (χ1n) is 8.46. The van der Waals surface area contributed by atoms with Crippen LogP contribution in [-0.4, -0.2) is 26.0 Å². The first-order valence-corrected chi connectivity index (χ1v) is 8.46. The van der Waals surface area contributed by atoms with Gasteiger partial charge in [0.05, 0.1) is 17.6 Å². The number of para-hydroxylation sites is 2. The number of aryl methyl sites for hydroxylation is 1. The normalized spacial score (nSPS) is 11.0. The number of carbonyl (C=O) groups excluding carboxylic acids is 1. The smallest absolute Gasteiger partial charge is 0.227 e. The van der Waals surface area contributed by atoms with E-state index in [0.717, 1.165) is 11.0 Å². The van der Waals surface area contributed by atoms with Crippen molar-refractivity contribution in [1.29, 1.82) is 0 Å². The number of imidazole rings is 1. The van der Waals surface area contributed by atoms with Gasteiger partial charge in [0.2, 0.25) is 17.6 Å². The van der Waals surface area contributed by atoms with E-state index in [1.54, 1.807) is 12.1 Å². The highest BCUT2D eigenvalue weighted by molar-refractivity contribution is 5.77. The third-order valence-electron chi connectivity index (χ3n) is 4.03. The molecular weight excluding hydrogens is 349 g/mol. The quantitative estimate of drug-likeness (QED) is 0.547. The van der Waals surface area contributed by atoms with Crippen molar-refractivity contribution in [3.8, 4) is 11.4 Å². The summed E-state index contributed by atoms with van der Waals surface area (Å²) in [6.45, 7) is 0.318. The fourth-order valence-corrected chi connectivity index (χ4v) is 2.65. The number of aromatic amines is 1. The average molecular weight is 365 g/mol. The number of aromatic nitrogens is 4. The van der Waals surface area contributed by atoms with Gasteiger partial charge >= 0.3 is 0 Å². The molecule has 1 amide bonds. The highest BCUT2D eigenvalue weighted by atomic mass is 19.1. The molecule has 2 heterocycles. The van der Waals surface area contributed by atoms with Crippen molar-refractivity contribution in [2.24, 2.45) is 0 Å². The molecule has 4 aromatic rings. The third-order valence-corrected chi connectivity index (χ3v) is 4.03. The van der Waals surface area contributed by atoms with Crippen LogP contribution < -0.4 is 5.32 Å². The van der Waals surface area contributed by atoms with Gasteiger partial charge in [0.15, 0.2) is 0 Å². The molecule has 0 atom stereocenters. The van der Waals surface area contributed by atoms with Gasteiger partial charge in [-0.25, -0.2) is 9.37 Å². The number of amides is 1. The molecule has 27 heavy (non-hydrogen) atoms. The van der Waals surface area contributed by atoms with Crippen molar-refractivity contribution < 1.29 is 13.7 Å². The van der Waals surface area contributed by atoms with Crippen LogP contribution in [0, 0.1) is 5.82 Å². The zero-order chi connectivity index (χ0) is 18.6. The van der Waals surface area contributed by atoms with Crippen molar-refractivity contribution in [3.63, 3.8) is 0 Å². The molecule has 2 aromatic heterocycles. The Morgan fingerprint density at radius 2 is 1.93 bits per heavy atom. The van der Waals surface area contributed by atoms with Gasteiger partial charge in [-0.1, -0.05) is 17.3 Å².